The Morgan fingerprint density at radius 3 is 2.75 bits per heavy atom. The fraction of sp³-hybridized carbons (Fsp3) is 0.636. The fourth-order valence-electron chi connectivity index (χ4n) is 1.43. The van der Waals surface area contributed by atoms with Crippen LogP contribution in [0.4, 0.5) is 5.82 Å². The quantitative estimate of drug-likeness (QED) is 0.589. The van der Waals surface area contributed by atoms with Gasteiger partial charge in [-0.3, -0.25) is 0 Å². The molecule has 1 atom stereocenters. The van der Waals surface area contributed by atoms with E-state index in [4.69, 9.17) is 5.11 Å². The maximum absolute atomic E-state index is 8.99. The van der Waals surface area contributed by atoms with Gasteiger partial charge in [0.05, 0.1) is 0 Å². The van der Waals surface area contributed by atoms with Crippen molar-refractivity contribution in [3.8, 4) is 0 Å². The molecule has 0 aliphatic carbocycles. The summed E-state index contributed by atoms with van der Waals surface area (Å²) in [6.45, 7) is 4.45. The van der Waals surface area contributed by atoms with Crippen LogP contribution in [0.15, 0.2) is 17.4 Å². The number of aliphatic hydroxyl groups excluding tert-OH is 1. The maximum Gasteiger partial charge on any atom is 0.130 e. The number of hydrogen-bond acceptors (Lipinski definition) is 5. The highest BCUT2D eigenvalue weighted by Crippen LogP contribution is 2.17. The van der Waals surface area contributed by atoms with Crippen molar-refractivity contribution in [2.45, 2.75) is 31.3 Å². The first-order chi connectivity index (χ1) is 7.67. The van der Waals surface area contributed by atoms with Crippen LogP contribution in [0.25, 0.3) is 0 Å². The first-order valence-corrected chi connectivity index (χ1v) is 6.63. The number of aromatic nitrogens is 2. The monoisotopic (exact) mass is 241 g/mol. The van der Waals surface area contributed by atoms with Crippen molar-refractivity contribution in [3.05, 3.63) is 12.4 Å². The van der Waals surface area contributed by atoms with Gasteiger partial charge in [0.2, 0.25) is 0 Å². The number of nitrogens with zero attached hydrogens (tertiary/aromatic N) is 2. The molecule has 0 amide bonds. The molecule has 1 rings (SSSR count). The van der Waals surface area contributed by atoms with Gasteiger partial charge >= 0.3 is 0 Å². The molecule has 0 aliphatic heterocycles. The van der Waals surface area contributed by atoms with E-state index in [2.05, 4.69) is 29.1 Å². The summed E-state index contributed by atoms with van der Waals surface area (Å²) in [4.78, 5) is 8.29. The highest BCUT2D eigenvalue weighted by atomic mass is 32.2. The van der Waals surface area contributed by atoms with Gasteiger partial charge in [-0.2, -0.15) is 0 Å². The van der Waals surface area contributed by atoms with Crippen molar-refractivity contribution in [1.82, 2.24) is 9.97 Å². The van der Waals surface area contributed by atoms with Gasteiger partial charge in [-0.25, -0.2) is 9.97 Å². The zero-order valence-electron chi connectivity index (χ0n) is 9.97. The largest absolute Gasteiger partial charge is 0.396 e. The van der Waals surface area contributed by atoms with Crippen molar-refractivity contribution in [2.24, 2.45) is 5.92 Å². The molecule has 0 radical (unpaired) electrons. The van der Waals surface area contributed by atoms with Gasteiger partial charge in [0.1, 0.15) is 17.2 Å². The summed E-state index contributed by atoms with van der Waals surface area (Å²) in [5.74, 6) is 1.28. The molecular weight excluding hydrogens is 222 g/mol. The average molecular weight is 241 g/mol. The van der Waals surface area contributed by atoms with Gasteiger partial charge in [0, 0.05) is 18.7 Å². The second-order valence-corrected chi connectivity index (χ2v) is 4.78. The summed E-state index contributed by atoms with van der Waals surface area (Å²) in [7, 11) is 0. The molecule has 0 bridgehead atoms. The van der Waals surface area contributed by atoms with Crippen molar-refractivity contribution in [1.29, 1.82) is 0 Å². The third-order valence-electron chi connectivity index (χ3n) is 2.43. The Bertz CT molecular complexity index is 320. The summed E-state index contributed by atoms with van der Waals surface area (Å²) in [5.41, 5.74) is 0. The van der Waals surface area contributed by atoms with Crippen LogP contribution in [0.3, 0.4) is 0 Å². The van der Waals surface area contributed by atoms with Crippen LogP contribution in [0.2, 0.25) is 0 Å². The lowest BCUT2D eigenvalue weighted by Gasteiger charge is -2.22. The Morgan fingerprint density at radius 1 is 1.44 bits per heavy atom. The zero-order valence-corrected chi connectivity index (χ0v) is 10.8. The highest BCUT2D eigenvalue weighted by Gasteiger charge is 2.13. The standard InChI is InChI=1S/C11H19N3OS/c1-8(2)9(4-5-15)14-10-6-11(16-3)13-7-12-10/h6-9,15H,4-5H2,1-3H3,(H,12,13,14). The number of aliphatic hydroxyl groups is 1. The number of rotatable bonds is 6. The van der Waals surface area contributed by atoms with Crippen molar-refractivity contribution in [3.63, 3.8) is 0 Å². The van der Waals surface area contributed by atoms with Gasteiger partial charge in [-0.15, -0.1) is 11.8 Å². The van der Waals surface area contributed by atoms with Gasteiger partial charge < -0.3 is 10.4 Å². The number of hydrogen-bond donors (Lipinski definition) is 2. The lowest BCUT2D eigenvalue weighted by Crippen LogP contribution is -2.27. The van der Waals surface area contributed by atoms with E-state index in [1.807, 2.05) is 12.3 Å². The molecule has 0 spiro atoms. The third kappa shape index (κ3) is 3.98. The van der Waals surface area contributed by atoms with Crippen LogP contribution in [-0.4, -0.2) is 34.0 Å². The molecule has 1 unspecified atom stereocenters. The number of anilines is 1. The van der Waals surface area contributed by atoms with Crippen LogP contribution < -0.4 is 5.32 Å². The van der Waals surface area contributed by atoms with E-state index < -0.39 is 0 Å². The Hall–Kier alpha value is -0.810. The first-order valence-electron chi connectivity index (χ1n) is 5.40. The lowest BCUT2D eigenvalue weighted by molar-refractivity contribution is 0.267. The first kappa shape index (κ1) is 13.3. The lowest BCUT2D eigenvalue weighted by atomic mass is 10.0. The Balaban J connectivity index is 2.68. The molecule has 5 heteroatoms. The van der Waals surface area contributed by atoms with Crippen LogP contribution >= 0.6 is 11.8 Å². The summed E-state index contributed by atoms with van der Waals surface area (Å²) < 4.78 is 0. The molecular formula is C11H19N3OS. The van der Waals surface area contributed by atoms with Crippen molar-refractivity contribution in [2.75, 3.05) is 18.2 Å². The summed E-state index contributed by atoms with van der Waals surface area (Å²) >= 11 is 1.59. The van der Waals surface area contributed by atoms with E-state index in [1.165, 1.54) is 0 Å². The zero-order chi connectivity index (χ0) is 12.0. The molecule has 1 aromatic heterocycles. The van der Waals surface area contributed by atoms with Crippen LogP contribution in [-0.2, 0) is 0 Å². The normalized spacial score (nSPS) is 12.8. The van der Waals surface area contributed by atoms with E-state index >= 15 is 0 Å². The number of nitrogens with one attached hydrogen (secondary N) is 1. The van der Waals surface area contributed by atoms with Gasteiger partial charge in [-0.05, 0) is 18.6 Å². The van der Waals surface area contributed by atoms with Gasteiger partial charge in [0.25, 0.3) is 0 Å². The second-order valence-electron chi connectivity index (χ2n) is 3.95. The second kappa shape index (κ2) is 6.70. The molecule has 0 saturated carbocycles. The van der Waals surface area contributed by atoms with Crippen molar-refractivity contribution >= 4 is 17.6 Å². The molecule has 1 heterocycles. The predicted octanol–water partition coefficient (Wildman–Crippen LogP) is 2.02. The topological polar surface area (TPSA) is 58.0 Å². The minimum atomic E-state index is 0.191. The molecule has 4 nitrogen and oxygen atoms in total. The fourth-order valence-corrected chi connectivity index (χ4v) is 1.81. The third-order valence-corrected chi connectivity index (χ3v) is 3.07. The Labute approximate surface area is 101 Å². The average Bonchev–Trinajstić information content (AvgIpc) is 2.28. The highest BCUT2D eigenvalue weighted by molar-refractivity contribution is 7.98. The Kier molecular flexibility index (Phi) is 5.55. The Morgan fingerprint density at radius 2 is 2.19 bits per heavy atom. The molecule has 0 aromatic carbocycles. The molecule has 16 heavy (non-hydrogen) atoms. The summed E-state index contributed by atoms with van der Waals surface area (Å²) in [6.07, 6.45) is 4.28. The molecule has 0 fully saturated rings. The number of thioether (sulfide) groups is 1. The van der Waals surface area contributed by atoms with Gasteiger partial charge in [-0.1, -0.05) is 13.8 Å². The molecule has 0 aliphatic rings. The smallest absolute Gasteiger partial charge is 0.130 e. The van der Waals surface area contributed by atoms with E-state index in [0.717, 1.165) is 17.3 Å². The van der Waals surface area contributed by atoms with Crippen LogP contribution in [0, 0.1) is 5.92 Å². The molecule has 90 valence electrons. The van der Waals surface area contributed by atoms with E-state index in [1.54, 1.807) is 18.1 Å². The molecule has 2 N–H and O–H groups in total. The van der Waals surface area contributed by atoms with Crippen LogP contribution in [0.1, 0.15) is 20.3 Å². The van der Waals surface area contributed by atoms with Crippen LogP contribution in [0.5, 0.6) is 0 Å². The molecule has 1 aromatic rings. The minimum absolute atomic E-state index is 0.191. The minimum Gasteiger partial charge on any atom is -0.396 e. The maximum atomic E-state index is 8.99. The van der Waals surface area contributed by atoms with E-state index in [0.29, 0.717) is 5.92 Å². The predicted molar refractivity (Wildman–Crippen MR) is 67.8 cm³/mol. The van der Waals surface area contributed by atoms with Gasteiger partial charge in [0.15, 0.2) is 0 Å². The van der Waals surface area contributed by atoms with Crippen molar-refractivity contribution < 1.29 is 5.11 Å². The summed E-state index contributed by atoms with van der Waals surface area (Å²) in [6, 6.07) is 2.17. The molecule has 0 saturated heterocycles. The van der Waals surface area contributed by atoms with E-state index in [-0.39, 0.29) is 12.6 Å². The SMILES string of the molecule is CSc1cc(NC(CCO)C(C)C)ncn1. The van der Waals surface area contributed by atoms with E-state index in [9.17, 15) is 0 Å². The summed E-state index contributed by atoms with van der Waals surface area (Å²) in [5, 5.41) is 13.3.